The molecule has 2 bridgehead atoms. The largest absolute Gasteiger partial charge is 0.460 e. The van der Waals surface area contributed by atoms with Gasteiger partial charge in [-0.2, -0.15) is 0 Å². The molecule has 2 aliphatic heterocycles. The van der Waals surface area contributed by atoms with Crippen LogP contribution in [0.3, 0.4) is 0 Å². The van der Waals surface area contributed by atoms with Gasteiger partial charge in [0.1, 0.15) is 12.4 Å². The molecule has 104 valence electrons. The number of piperidine rings is 1. The second-order valence-corrected chi connectivity index (χ2v) is 5.35. The second kappa shape index (κ2) is 4.77. The van der Waals surface area contributed by atoms with Gasteiger partial charge in [0.15, 0.2) is 0 Å². The van der Waals surface area contributed by atoms with Crippen LogP contribution in [0.5, 0.6) is 6.01 Å². The van der Waals surface area contributed by atoms with Gasteiger partial charge in [0.05, 0.1) is 6.20 Å². The molecule has 0 saturated carbocycles. The first-order chi connectivity index (χ1) is 9.90. The molecule has 2 aromatic heterocycles. The maximum absolute atomic E-state index is 5.90. The van der Waals surface area contributed by atoms with E-state index in [0.717, 1.165) is 18.9 Å². The minimum absolute atomic E-state index is 0.182. The van der Waals surface area contributed by atoms with Crippen LogP contribution in [-0.2, 0) is 0 Å². The molecular weight excluding hydrogens is 256 g/mol. The van der Waals surface area contributed by atoms with Gasteiger partial charge < -0.3 is 14.1 Å². The number of rotatable bonds is 3. The molecule has 4 rings (SSSR count). The third-order valence-corrected chi connectivity index (χ3v) is 4.14. The number of oxazole rings is 1. The Hall–Kier alpha value is -2.11. The van der Waals surface area contributed by atoms with E-state index in [1.807, 2.05) is 0 Å². The fraction of sp³-hybridized carbons (Fsp3) is 0.500. The van der Waals surface area contributed by atoms with E-state index < -0.39 is 0 Å². The lowest BCUT2D eigenvalue weighted by Crippen LogP contribution is -2.46. The van der Waals surface area contributed by atoms with Gasteiger partial charge in [-0.05, 0) is 18.9 Å². The predicted molar refractivity (Wildman–Crippen MR) is 71.5 cm³/mol. The number of ether oxygens (including phenoxy) is 1. The Morgan fingerprint density at radius 1 is 1.05 bits per heavy atom. The number of fused-ring (bicyclic) bond motifs is 2. The van der Waals surface area contributed by atoms with E-state index in [2.05, 4.69) is 19.9 Å². The molecular formula is C14H16N4O2. The molecule has 20 heavy (non-hydrogen) atoms. The van der Waals surface area contributed by atoms with Gasteiger partial charge >= 0.3 is 6.01 Å². The van der Waals surface area contributed by atoms with Crippen molar-refractivity contribution in [3.8, 4) is 6.01 Å². The monoisotopic (exact) mass is 272 g/mol. The Balaban J connectivity index is 1.48. The molecule has 0 radical (unpaired) electrons. The van der Waals surface area contributed by atoms with Gasteiger partial charge in [0.25, 0.3) is 6.01 Å². The highest BCUT2D eigenvalue weighted by Crippen LogP contribution is 2.39. The first kappa shape index (κ1) is 11.7. The predicted octanol–water partition coefficient (Wildman–Crippen LogP) is 2.04. The molecule has 0 N–H and O–H groups in total. The highest BCUT2D eigenvalue weighted by Gasteiger charge is 2.43. The summed E-state index contributed by atoms with van der Waals surface area (Å²) in [6.45, 7) is 0. The summed E-state index contributed by atoms with van der Waals surface area (Å²) in [4.78, 5) is 14.9. The lowest BCUT2D eigenvalue weighted by Gasteiger charge is -2.37. The number of hydrogen-bond acceptors (Lipinski definition) is 6. The van der Waals surface area contributed by atoms with Crippen LogP contribution < -0.4 is 9.64 Å². The summed E-state index contributed by atoms with van der Waals surface area (Å²) in [7, 11) is 0. The summed E-state index contributed by atoms with van der Waals surface area (Å²) in [6.07, 6.45) is 11.2. The Morgan fingerprint density at radius 2 is 1.80 bits per heavy atom. The van der Waals surface area contributed by atoms with E-state index in [0.29, 0.717) is 18.1 Å². The first-order valence-corrected chi connectivity index (χ1v) is 7.01. The first-order valence-electron chi connectivity index (χ1n) is 7.01. The molecule has 0 aromatic carbocycles. The van der Waals surface area contributed by atoms with Crippen LogP contribution in [-0.4, -0.2) is 33.1 Å². The second-order valence-electron chi connectivity index (χ2n) is 5.35. The highest BCUT2D eigenvalue weighted by molar-refractivity contribution is 5.34. The summed E-state index contributed by atoms with van der Waals surface area (Å²) in [5.41, 5.74) is 0. The number of nitrogens with zero attached hydrogens (tertiary/aromatic N) is 4. The normalized spacial score (nSPS) is 28.6. The summed E-state index contributed by atoms with van der Waals surface area (Å²) in [5, 5.41) is 0. The van der Waals surface area contributed by atoms with E-state index in [1.54, 1.807) is 30.9 Å². The average molecular weight is 272 g/mol. The fourth-order valence-electron chi connectivity index (χ4n) is 3.37. The molecule has 2 aliphatic rings. The van der Waals surface area contributed by atoms with Crippen molar-refractivity contribution < 1.29 is 9.15 Å². The average Bonchev–Trinajstić information content (AvgIpc) is 3.06. The van der Waals surface area contributed by atoms with Crippen molar-refractivity contribution in [1.29, 1.82) is 0 Å². The molecule has 0 amide bonds. The number of aromatic nitrogens is 3. The zero-order valence-electron chi connectivity index (χ0n) is 11.1. The fourth-order valence-corrected chi connectivity index (χ4v) is 3.37. The van der Waals surface area contributed by atoms with Crippen LogP contribution in [0.15, 0.2) is 35.3 Å². The highest BCUT2D eigenvalue weighted by atomic mass is 16.5. The zero-order chi connectivity index (χ0) is 13.4. The summed E-state index contributed by atoms with van der Waals surface area (Å²) in [6, 6.07) is 3.90. The van der Waals surface area contributed by atoms with Gasteiger partial charge in [0.2, 0.25) is 0 Å². The smallest absolute Gasteiger partial charge is 0.316 e. The topological polar surface area (TPSA) is 64.3 Å². The van der Waals surface area contributed by atoms with E-state index in [-0.39, 0.29) is 6.10 Å². The standard InChI is InChI=1S/C14H16N4O2/c1-4-15-13(16-5-1)20-12-8-10-2-3-11(9-12)18(10)14-17-6-7-19-14/h1,4-7,10-12H,2-3,8-9H2/t10-,11+,12+. The van der Waals surface area contributed by atoms with Gasteiger partial charge in [0, 0.05) is 37.3 Å². The van der Waals surface area contributed by atoms with Crippen LogP contribution >= 0.6 is 0 Å². The molecule has 2 aromatic rings. The van der Waals surface area contributed by atoms with E-state index in [1.165, 1.54) is 12.8 Å². The molecule has 6 heteroatoms. The Labute approximate surface area is 116 Å². The van der Waals surface area contributed by atoms with E-state index in [4.69, 9.17) is 9.15 Å². The SMILES string of the molecule is c1cnc(O[C@H]2C[C@H]3CC[C@@H](C2)N3c2ncco2)nc1. The zero-order valence-corrected chi connectivity index (χ0v) is 11.1. The minimum Gasteiger partial charge on any atom is -0.460 e. The summed E-state index contributed by atoms with van der Waals surface area (Å²) in [5.74, 6) is 0. The molecule has 4 heterocycles. The van der Waals surface area contributed by atoms with E-state index >= 15 is 0 Å². The van der Waals surface area contributed by atoms with Gasteiger partial charge in [-0.3, -0.25) is 0 Å². The summed E-state index contributed by atoms with van der Waals surface area (Å²) >= 11 is 0. The molecule has 0 aliphatic carbocycles. The van der Waals surface area contributed by atoms with Crippen LogP contribution in [0.4, 0.5) is 6.01 Å². The van der Waals surface area contributed by atoms with Gasteiger partial charge in [-0.1, -0.05) is 0 Å². The van der Waals surface area contributed by atoms with Crippen LogP contribution in [0.1, 0.15) is 25.7 Å². The van der Waals surface area contributed by atoms with Gasteiger partial charge in [-0.15, -0.1) is 0 Å². The van der Waals surface area contributed by atoms with E-state index in [9.17, 15) is 0 Å². The Bertz CT molecular complexity index is 546. The van der Waals surface area contributed by atoms with Crippen molar-refractivity contribution in [2.45, 2.75) is 43.9 Å². The van der Waals surface area contributed by atoms with Crippen molar-refractivity contribution in [3.05, 3.63) is 30.9 Å². The van der Waals surface area contributed by atoms with Crippen LogP contribution in [0, 0.1) is 0 Å². The van der Waals surface area contributed by atoms with Crippen LogP contribution in [0.25, 0.3) is 0 Å². The Morgan fingerprint density at radius 3 is 2.45 bits per heavy atom. The molecule has 3 atom stereocenters. The molecule has 0 unspecified atom stereocenters. The molecule has 0 spiro atoms. The van der Waals surface area contributed by atoms with Crippen molar-refractivity contribution in [1.82, 2.24) is 15.0 Å². The quantitative estimate of drug-likeness (QED) is 0.852. The Kier molecular flexibility index (Phi) is 2.79. The molecule has 2 fully saturated rings. The molecule has 2 saturated heterocycles. The number of hydrogen-bond donors (Lipinski definition) is 0. The van der Waals surface area contributed by atoms with Crippen molar-refractivity contribution in [3.63, 3.8) is 0 Å². The third-order valence-electron chi connectivity index (χ3n) is 4.14. The van der Waals surface area contributed by atoms with Crippen molar-refractivity contribution >= 4 is 6.01 Å². The van der Waals surface area contributed by atoms with Gasteiger partial charge in [-0.25, -0.2) is 15.0 Å². The maximum Gasteiger partial charge on any atom is 0.316 e. The third kappa shape index (κ3) is 2.01. The summed E-state index contributed by atoms with van der Waals surface area (Å²) < 4.78 is 11.4. The van der Waals surface area contributed by atoms with Crippen molar-refractivity contribution in [2.75, 3.05) is 4.90 Å². The van der Waals surface area contributed by atoms with Crippen LogP contribution in [0.2, 0.25) is 0 Å². The lowest BCUT2D eigenvalue weighted by atomic mass is 10.0. The number of anilines is 1. The lowest BCUT2D eigenvalue weighted by molar-refractivity contribution is 0.135. The molecule has 6 nitrogen and oxygen atoms in total. The van der Waals surface area contributed by atoms with Crippen molar-refractivity contribution in [2.24, 2.45) is 0 Å². The minimum atomic E-state index is 0.182. The maximum atomic E-state index is 5.90.